The zero-order valence-corrected chi connectivity index (χ0v) is 13.1. The van der Waals surface area contributed by atoms with Crippen LogP contribution in [0.1, 0.15) is 15.9 Å². The first-order valence-corrected chi connectivity index (χ1v) is 7.10. The minimum atomic E-state index is -0.556. The standard InChI is InChI=1S/C15H13Cl2N3O2/c1-9-3-2-4-11(7-9)18-15(22)20-19-14(21)10-5-6-12(16)13(17)8-10/h2-8H,1H3,(H,19,21)(H2,18,20,22). The van der Waals surface area contributed by atoms with Gasteiger partial charge in [-0.2, -0.15) is 0 Å². The van der Waals surface area contributed by atoms with Crippen molar-refractivity contribution in [2.45, 2.75) is 6.92 Å². The minimum Gasteiger partial charge on any atom is -0.307 e. The molecule has 0 aliphatic rings. The quantitative estimate of drug-likeness (QED) is 0.730. The topological polar surface area (TPSA) is 70.2 Å². The first-order chi connectivity index (χ1) is 10.5. The third-order valence-electron chi connectivity index (χ3n) is 2.75. The number of benzene rings is 2. The van der Waals surface area contributed by atoms with E-state index in [1.165, 1.54) is 18.2 Å². The number of amides is 3. The van der Waals surface area contributed by atoms with E-state index < -0.39 is 11.9 Å². The van der Waals surface area contributed by atoms with E-state index in [0.29, 0.717) is 10.7 Å². The zero-order chi connectivity index (χ0) is 16.1. The van der Waals surface area contributed by atoms with Crippen LogP contribution < -0.4 is 16.2 Å². The predicted molar refractivity (Wildman–Crippen MR) is 87.3 cm³/mol. The molecule has 5 nitrogen and oxygen atoms in total. The number of carbonyl (C=O) groups is 2. The van der Waals surface area contributed by atoms with Gasteiger partial charge in [0.2, 0.25) is 0 Å². The fourth-order valence-electron chi connectivity index (χ4n) is 1.71. The third-order valence-corrected chi connectivity index (χ3v) is 3.49. The summed E-state index contributed by atoms with van der Waals surface area (Å²) in [6.07, 6.45) is 0. The van der Waals surface area contributed by atoms with E-state index in [4.69, 9.17) is 23.2 Å². The molecule has 0 saturated carbocycles. The number of carbonyl (C=O) groups excluding carboxylic acids is 2. The maximum Gasteiger partial charge on any atom is 0.337 e. The molecule has 7 heteroatoms. The lowest BCUT2D eigenvalue weighted by Crippen LogP contribution is -2.43. The summed E-state index contributed by atoms with van der Waals surface area (Å²) in [5.41, 5.74) is 6.46. The Kier molecular flexibility index (Phi) is 5.25. The molecule has 0 bridgehead atoms. The molecule has 0 atom stereocenters. The Morgan fingerprint density at radius 3 is 2.41 bits per heavy atom. The largest absolute Gasteiger partial charge is 0.337 e. The highest BCUT2D eigenvalue weighted by Crippen LogP contribution is 2.22. The normalized spacial score (nSPS) is 9.95. The lowest BCUT2D eigenvalue weighted by Gasteiger charge is -2.09. The van der Waals surface area contributed by atoms with Crippen LogP contribution in [-0.2, 0) is 0 Å². The van der Waals surface area contributed by atoms with E-state index in [-0.39, 0.29) is 10.6 Å². The van der Waals surface area contributed by atoms with Crippen LogP contribution in [-0.4, -0.2) is 11.9 Å². The highest BCUT2D eigenvalue weighted by molar-refractivity contribution is 6.42. The Morgan fingerprint density at radius 2 is 1.73 bits per heavy atom. The van der Waals surface area contributed by atoms with Gasteiger partial charge in [0.25, 0.3) is 5.91 Å². The molecule has 0 aliphatic heterocycles. The number of halogens is 2. The maximum atomic E-state index is 11.9. The number of nitrogens with one attached hydrogen (secondary N) is 3. The van der Waals surface area contributed by atoms with Crippen molar-refractivity contribution >= 4 is 40.8 Å². The van der Waals surface area contributed by atoms with Gasteiger partial charge in [0.05, 0.1) is 10.0 Å². The lowest BCUT2D eigenvalue weighted by atomic mass is 10.2. The van der Waals surface area contributed by atoms with Gasteiger partial charge in [-0.15, -0.1) is 0 Å². The molecule has 22 heavy (non-hydrogen) atoms. The average molecular weight is 338 g/mol. The van der Waals surface area contributed by atoms with Crippen molar-refractivity contribution in [3.05, 3.63) is 63.6 Å². The molecule has 0 unspecified atom stereocenters. The van der Waals surface area contributed by atoms with Crippen molar-refractivity contribution in [1.82, 2.24) is 10.9 Å². The van der Waals surface area contributed by atoms with Gasteiger partial charge in [-0.3, -0.25) is 10.2 Å². The molecule has 0 heterocycles. The average Bonchev–Trinajstić information content (AvgIpc) is 2.47. The summed E-state index contributed by atoms with van der Waals surface area (Å²) < 4.78 is 0. The highest BCUT2D eigenvalue weighted by atomic mass is 35.5. The van der Waals surface area contributed by atoms with Crippen LogP contribution in [0, 0.1) is 6.92 Å². The summed E-state index contributed by atoms with van der Waals surface area (Å²) >= 11 is 11.6. The van der Waals surface area contributed by atoms with Crippen molar-refractivity contribution in [2.75, 3.05) is 5.32 Å². The van der Waals surface area contributed by atoms with Crippen LogP contribution >= 0.6 is 23.2 Å². The summed E-state index contributed by atoms with van der Waals surface area (Å²) in [7, 11) is 0. The molecule has 2 rings (SSSR count). The smallest absolute Gasteiger partial charge is 0.307 e. The van der Waals surface area contributed by atoms with Crippen molar-refractivity contribution in [2.24, 2.45) is 0 Å². The third kappa shape index (κ3) is 4.38. The van der Waals surface area contributed by atoms with E-state index in [1.807, 2.05) is 19.1 Å². The van der Waals surface area contributed by atoms with Crippen LogP contribution in [0.5, 0.6) is 0 Å². The molecular formula is C15H13Cl2N3O2. The van der Waals surface area contributed by atoms with Crippen molar-refractivity contribution in [3.8, 4) is 0 Å². The Labute approximate surface area is 137 Å². The van der Waals surface area contributed by atoms with Gasteiger partial charge in [0.1, 0.15) is 0 Å². The maximum absolute atomic E-state index is 11.9. The first-order valence-electron chi connectivity index (χ1n) is 6.35. The van der Waals surface area contributed by atoms with Crippen LogP contribution in [0.4, 0.5) is 10.5 Å². The van der Waals surface area contributed by atoms with E-state index >= 15 is 0 Å². The fraction of sp³-hybridized carbons (Fsp3) is 0.0667. The Balaban J connectivity index is 1.90. The molecule has 2 aromatic carbocycles. The fourth-order valence-corrected chi connectivity index (χ4v) is 2.01. The number of hydrazine groups is 1. The van der Waals surface area contributed by atoms with E-state index in [1.54, 1.807) is 12.1 Å². The predicted octanol–water partition coefficient (Wildman–Crippen LogP) is 3.77. The van der Waals surface area contributed by atoms with E-state index in [9.17, 15) is 9.59 Å². The molecule has 0 aliphatic carbocycles. The van der Waals surface area contributed by atoms with Crippen molar-refractivity contribution in [1.29, 1.82) is 0 Å². The van der Waals surface area contributed by atoms with Gasteiger partial charge < -0.3 is 5.32 Å². The van der Waals surface area contributed by atoms with Gasteiger partial charge in [-0.05, 0) is 42.8 Å². The summed E-state index contributed by atoms with van der Waals surface area (Å²) in [4.78, 5) is 23.6. The number of rotatable bonds is 2. The van der Waals surface area contributed by atoms with Gasteiger partial charge >= 0.3 is 6.03 Å². The summed E-state index contributed by atoms with van der Waals surface area (Å²) in [5, 5.41) is 3.21. The van der Waals surface area contributed by atoms with E-state index in [2.05, 4.69) is 16.2 Å². The second kappa shape index (κ2) is 7.15. The lowest BCUT2D eigenvalue weighted by molar-refractivity contribution is 0.0938. The Bertz CT molecular complexity index is 720. The number of urea groups is 1. The van der Waals surface area contributed by atoms with Crippen LogP contribution in [0.2, 0.25) is 10.0 Å². The van der Waals surface area contributed by atoms with Gasteiger partial charge in [0, 0.05) is 11.3 Å². The molecule has 3 amide bonds. The Hall–Kier alpha value is -2.24. The molecule has 2 aromatic rings. The number of aryl methyl sites for hydroxylation is 1. The Morgan fingerprint density at radius 1 is 0.955 bits per heavy atom. The van der Waals surface area contributed by atoms with Crippen LogP contribution in [0.25, 0.3) is 0 Å². The monoisotopic (exact) mass is 337 g/mol. The number of anilines is 1. The minimum absolute atomic E-state index is 0.263. The molecule has 0 spiro atoms. The van der Waals surface area contributed by atoms with Gasteiger partial charge in [0.15, 0.2) is 0 Å². The second-order valence-electron chi connectivity index (χ2n) is 4.53. The molecule has 3 N–H and O–H groups in total. The first kappa shape index (κ1) is 16.1. The van der Waals surface area contributed by atoms with Crippen LogP contribution in [0.3, 0.4) is 0 Å². The summed E-state index contributed by atoms with van der Waals surface area (Å²) in [6.45, 7) is 1.91. The summed E-state index contributed by atoms with van der Waals surface area (Å²) in [6, 6.07) is 11.1. The molecule has 114 valence electrons. The van der Waals surface area contributed by atoms with Gasteiger partial charge in [-0.25, -0.2) is 10.2 Å². The molecular weight excluding hydrogens is 325 g/mol. The molecule has 0 aromatic heterocycles. The SMILES string of the molecule is Cc1cccc(NC(=O)NNC(=O)c2ccc(Cl)c(Cl)c2)c1. The number of hydrogen-bond donors (Lipinski definition) is 3. The van der Waals surface area contributed by atoms with Crippen LogP contribution in [0.15, 0.2) is 42.5 Å². The highest BCUT2D eigenvalue weighted by Gasteiger charge is 2.09. The van der Waals surface area contributed by atoms with Gasteiger partial charge in [-0.1, -0.05) is 35.3 Å². The molecule has 0 radical (unpaired) electrons. The molecule has 0 fully saturated rings. The number of hydrogen-bond acceptors (Lipinski definition) is 2. The van der Waals surface area contributed by atoms with Crippen molar-refractivity contribution in [3.63, 3.8) is 0 Å². The molecule has 0 saturated heterocycles. The second-order valence-corrected chi connectivity index (χ2v) is 5.35. The van der Waals surface area contributed by atoms with E-state index in [0.717, 1.165) is 5.56 Å². The zero-order valence-electron chi connectivity index (χ0n) is 11.6. The van der Waals surface area contributed by atoms with Crippen molar-refractivity contribution < 1.29 is 9.59 Å². The summed E-state index contributed by atoms with van der Waals surface area (Å²) in [5.74, 6) is -0.502.